The number of H-pyrrole nitrogens is 1. The number of aromatic nitrogens is 3. The number of amides is 1. The highest BCUT2D eigenvalue weighted by atomic mass is 19.3. The summed E-state index contributed by atoms with van der Waals surface area (Å²) < 4.78 is 47.6. The minimum absolute atomic E-state index is 0.124. The van der Waals surface area contributed by atoms with E-state index in [-0.39, 0.29) is 48.3 Å². The quantitative estimate of drug-likeness (QED) is 0.533. The maximum Gasteiger partial charge on any atom is 0.254 e. The fourth-order valence-electron chi connectivity index (χ4n) is 4.13. The van der Waals surface area contributed by atoms with Gasteiger partial charge in [-0.3, -0.25) is 9.59 Å². The van der Waals surface area contributed by atoms with E-state index < -0.39 is 23.6 Å². The number of alkyl halides is 2. The lowest BCUT2D eigenvalue weighted by Crippen LogP contribution is -2.38. The number of ether oxygens (including phenoxy) is 1. The van der Waals surface area contributed by atoms with Crippen molar-refractivity contribution in [2.45, 2.75) is 38.0 Å². The van der Waals surface area contributed by atoms with Crippen molar-refractivity contribution in [3.8, 4) is 11.6 Å². The van der Waals surface area contributed by atoms with Crippen LogP contribution in [0.2, 0.25) is 0 Å². The summed E-state index contributed by atoms with van der Waals surface area (Å²) in [5.41, 5.74) is -0.000160. The van der Waals surface area contributed by atoms with Crippen LogP contribution < -0.4 is 15.6 Å². The van der Waals surface area contributed by atoms with Crippen LogP contribution in [-0.2, 0) is 4.79 Å². The van der Waals surface area contributed by atoms with Gasteiger partial charge in [0, 0.05) is 36.6 Å². The number of carbonyl (C=O) groups excluding carboxylic acids is 1. The monoisotopic (exact) mass is 472 g/mol. The van der Waals surface area contributed by atoms with Gasteiger partial charge in [0.25, 0.3) is 5.92 Å². The lowest BCUT2D eigenvalue weighted by molar-refractivity contribution is -0.124. The Morgan fingerprint density at radius 1 is 1.18 bits per heavy atom. The second kappa shape index (κ2) is 9.66. The Hall–Kier alpha value is -3.69. The van der Waals surface area contributed by atoms with Crippen LogP contribution in [0.5, 0.6) is 11.6 Å². The number of aromatic amines is 1. The number of nitrogens with one attached hydrogen (secondary N) is 2. The molecule has 1 aliphatic carbocycles. The molecule has 0 radical (unpaired) electrons. The molecule has 0 bridgehead atoms. The molecule has 0 saturated heterocycles. The summed E-state index contributed by atoms with van der Waals surface area (Å²) in [4.78, 5) is 34.5. The minimum Gasteiger partial charge on any atom is -0.437 e. The van der Waals surface area contributed by atoms with Crippen LogP contribution in [0.25, 0.3) is 0 Å². The fraction of sp³-hybridized carbons (Fsp3) is 0.333. The number of rotatable bonds is 6. The zero-order valence-electron chi connectivity index (χ0n) is 18.3. The van der Waals surface area contributed by atoms with Gasteiger partial charge in [-0.1, -0.05) is 13.0 Å². The smallest absolute Gasteiger partial charge is 0.254 e. The molecule has 34 heavy (non-hydrogen) atoms. The van der Waals surface area contributed by atoms with E-state index in [1.807, 2.05) is 0 Å². The topological polar surface area (TPSA) is 97.0 Å². The molecule has 2 N–H and O–H groups in total. The third kappa shape index (κ3) is 5.44. The highest BCUT2D eigenvalue weighted by Gasteiger charge is 2.47. The molecule has 0 aliphatic heterocycles. The van der Waals surface area contributed by atoms with Gasteiger partial charge < -0.3 is 15.0 Å². The molecule has 0 aromatic carbocycles. The number of halogens is 3. The van der Waals surface area contributed by atoms with Gasteiger partial charge >= 0.3 is 0 Å². The van der Waals surface area contributed by atoms with E-state index in [4.69, 9.17) is 4.74 Å². The van der Waals surface area contributed by atoms with Crippen molar-refractivity contribution in [3.63, 3.8) is 0 Å². The molecule has 10 heteroatoms. The Bertz CT molecular complexity index is 1180. The van der Waals surface area contributed by atoms with Gasteiger partial charge in [-0.25, -0.2) is 23.1 Å². The summed E-state index contributed by atoms with van der Waals surface area (Å²) in [5, 5.41) is 2.71. The molecule has 178 valence electrons. The highest BCUT2D eigenvalue weighted by molar-refractivity contribution is 5.91. The fourth-order valence-corrected chi connectivity index (χ4v) is 4.13. The molecule has 3 atom stereocenters. The maximum atomic E-state index is 14.6. The number of hydrogen-bond acceptors (Lipinski definition) is 5. The normalized spacial score (nSPS) is 20.4. The van der Waals surface area contributed by atoms with Gasteiger partial charge in [-0.05, 0) is 42.5 Å². The largest absolute Gasteiger partial charge is 0.437 e. The summed E-state index contributed by atoms with van der Waals surface area (Å²) in [6.45, 7) is 1.71. The average molecular weight is 472 g/mol. The molecule has 3 aromatic heterocycles. The summed E-state index contributed by atoms with van der Waals surface area (Å²) in [7, 11) is 0. The van der Waals surface area contributed by atoms with Gasteiger partial charge in [-0.2, -0.15) is 0 Å². The van der Waals surface area contributed by atoms with Gasteiger partial charge in [0.15, 0.2) is 0 Å². The molecule has 1 aliphatic rings. The number of hydrogen-bond donors (Lipinski definition) is 2. The van der Waals surface area contributed by atoms with Crippen LogP contribution in [0.15, 0.2) is 59.8 Å². The van der Waals surface area contributed by atoms with Crippen molar-refractivity contribution in [2.75, 3.05) is 5.32 Å². The first-order valence-electron chi connectivity index (χ1n) is 10.8. The van der Waals surface area contributed by atoms with Crippen molar-refractivity contribution < 1.29 is 22.7 Å². The predicted molar refractivity (Wildman–Crippen MR) is 118 cm³/mol. The molecule has 0 spiro atoms. The first-order chi connectivity index (χ1) is 16.2. The van der Waals surface area contributed by atoms with E-state index in [1.165, 1.54) is 36.7 Å². The van der Waals surface area contributed by atoms with E-state index in [2.05, 4.69) is 20.3 Å². The number of pyridine rings is 3. The van der Waals surface area contributed by atoms with Crippen LogP contribution in [0.4, 0.5) is 19.0 Å². The van der Waals surface area contributed by atoms with Crippen molar-refractivity contribution >= 4 is 11.7 Å². The van der Waals surface area contributed by atoms with Crippen molar-refractivity contribution in [3.05, 3.63) is 76.7 Å². The molecular formula is C24H23F3N4O3. The third-order valence-corrected chi connectivity index (χ3v) is 6.14. The molecule has 1 amide bonds. The maximum absolute atomic E-state index is 14.6. The van der Waals surface area contributed by atoms with Crippen LogP contribution in [0, 0.1) is 17.7 Å². The van der Waals surface area contributed by atoms with Crippen LogP contribution in [0.3, 0.4) is 0 Å². The van der Waals surface area contributed by atoms with Gasteiger partial charge in [-0.15, -0.1) is 0 Å². The molecule has 1 fully saturated rings. The Morgan fingerprint density at radius 3 is 2.65 bits per heavy atom. The second-order valence-corrected chi connectivity index (χ2v) is 8.41. The molecule has 7 nitrogen and oxygen atoms in total. The molecule has 4 rings (SSSR count). The zero-order valence-corrected chi connectivity index (χ0v) is 18.3. The van der Waals surface area contributed by atoms with E-state index in [0.717, 1.165) is 6.20 Å². The minimum atomic E-state index is -2.91. The molecule has 3 aromatic rings. The Morgan fingerprint density at radius 2 is 2.00 bits per heavy atom. The summed E-state index contributed by atoms with van der Waals surface area (Å²) >= 11 is 0. The summed E-state index contributed by atoms with van der Waals surface area (Å²) in [6.07, 6.45) is 3.74. The SMILES string of the molecule is C[C@@H](C(=O)Nc1ccc(Oc2ccc(F)cn2)cn1)[C@H]1CCC(F)(F)[C@@H](c2ccc(=O)[nH]c2)C1. The predicted octanol–water partition coefficient (Wildman–Crippen LogP) is 4.89. The number of anilines is 1. The second-order valence-electron chi connectivity index (χ2n) is 8.41. The standard InChI is InChI=1S/C24H23F3N4O3/c1-14(15-8-9-24(26,27)19(10-15)16-2-6-21(32)29-11-16)23(33)31-20-5-4-18(13-28-20)34-22-7-3-17(25)12-30-22/h2-7,11-15,19H,8-10H2,1H3,(H,29,32)(H,28,31,33)/t14-,15+,19-/m1/s1. The van der Waals surface area contributed by atoms with Gasteiger partial charge in [0.2, 0.25) is 17.3 Å². The molecule has 1 saturated carbocycles. The summed E-state index contributed by atoms with van der Waals surface area (Å²) in [5.74, 6) is -4.75. The summed E-state index contributed by atoms with van der Waals surface area (Å²) in [6, 6.07) is 8.36. The molecule has 3 heterocycles. The highest BCUT2D eigenvalue weighted by Crippen LogP contribution is 2.48. The van der Waals surface area contributed by atoms with Gasteiger partial charge in [0.05, 0.1) is 12.4 Å². The van der Waals surface area contributed by atoms with Crippen molar-refractivity contribution in [1.29, 1.82) is 0 Å². The molecule has 0 unspecified atom stereocenters. The van der Waals surface area contributed by atoms with Gasteiger partial charge in [0.1, 0.15) is 17.4 Å². The molecular weight excluding hydrogens is 449 g/mol. The van der Waals surface area contributed by atoms with Crippen LogP contribution >= 0.6 is 0 Å². The Balaban J connectivity index is 1.38. The number of nitrogens with zero attached hydrogens (tertiary/aromatic N) is 2. The van der Waals surface area contributed by atoms with Crippen molar-refractivity contribution in [2.24, 2.45) is 11.8 Å². The van der Waals surface area contributed by atoms with Crippen LogP contribution in [0.1, 0.15) is 37.7 Å². The Labute approximate surface area is 193 Å². The lowest BCUT2D eigenvalue weighted by atomic mass is 9.71. The van der Waals surface area contributed by atoms with E-state index in [0.29, 0.717) is 11.3 Å². The van der Waals surface area contributed by atoms with Crippen LogP contribution in [-0.4, -0.2) is 26.8 Å². The Kier molecular flexibility index (Phi) is 6.67. The zero-order chi connectivity index (χ0) is 24.3. The van der Waals surface area contributed by atoms with Crippen molar-refractivity contribution in [1.82, 2.24) is 15.0 Å². The van der Waals surface area contributed by atoms with E-state index >= 15 is 0 Å². The first-order valence-corrected chi connectivity index (χ1v) is 10.8. The third-order valence-electron chi connectivity index (χ3n) is 6.14. The van der Waals surface area contributed by atoms with E-state index in [9.17, 15) is 22.8 Å². The first kappa shape index (κ1) is 23.5. The van der Waals surface area contributed by atoms with E-state index in [1.54, 1.807) is 19.1 Å². The number of carbonyl (C=O) groups is 1. The lowest BCUT2D eigenvalue weighted by Gasteiger charge is -2.38. The average Bonchev–Trinajstić information content (AvgIpc) is 2.82.